The SMILES string of the molecule is CN(C[C@@]1(c2cccc(Cl)c2)C[C@H]1CN1CCC(CNS(=O)(=O)c2cccc3ccccc23)CC1)C(=O)c1ccco1. The number of nitrogens with one attached hydrogen (secondary N) is 1. The summed E-state index contributed by atoms with van der Waals surface area (Å²) in [6.45, 7) is 3.80. The highest BCUT2D eigenvalue weighted by Gasteiger charge is 2.56. The molecule has 42 heavy (non-hydrogen) atoms. The number of fused-ring (bicyclic) bond motifs is 1. The molecule has 2 heterocycles. The van der Waals surface area contributed by atoms with Crippen LogP contribution in [-0.4, -0.2) is 63.9 Å². The summed E-state index contributed by atoms with van der Waals surface area (Å²) in [5.41, 5.74) is 1.00. The number of amides is 1. The van der Waals surface area contributed by atoms with E-state index in [1.165, 1.54) is 6.26 Å². The summed E-state index contributed by atoms with van der Waals surface area (Å²) in [7, 11) is -1.78. The number of furan rings is 1. The van der Waals surface area contributed by atoms with Gasteiger partial charge in [0.05, 0.1) is 11.2 Å². The van der Waals surface area contributed by atoms with Crippen LogP contribution in [0.1, 0.15) is 35.4 Å². The van der Waals surface area contributed by atoms with Crippen LogP contribution in [0.4, 0.5) is 0 Å². The standard InChI is InChI=1S/C33H36ClN3O4S/c1-36(32(38)30-12-6-18-41-30)23-33(26-9-5-10-28(34)19-26)20-27(33)22-37-16-14-24(15-17-37)21-35-42(39,40)31-13-4-8-25-7-2-3-11-29(25)31/h2-13,18-19,24,27,35H,14-17,20-23H2,1H3/t27-,33+/m0/s1. The summed E-state index contributed by atoms with van der Waals surface area (Å²) in [6.07, 6.45) is 4.37. The molecule has 0 unspecified atom stereocenters. The second-order valence-corrected chi connectivity index (χ2v) is 14.0. The molecule has 0 radical (unpaired) electrons. The van der Waals surface area contributed by atoms with Crippen LogP contribution in [0, 0.1) is 11.8 Å². The summed E-state index contributed by atoms with van der Waals surface area (Å²) in [6, 6.07) is 24.4. The third kappa shape index (κ3) is 5.99. The highest BCUT2D eigenvalue weighted by atomic mass is 35.5. The molecule has 3 aromatic carbocycles. The number of likely N-dealkylation sites (tertiary alicyclic amines) is 1. The van der Waals surface area contributed by atoms with Crippen LogP contribution in [0.3, 0.4) is 0 Å². The van der Waals surface area contributed by atoms with Gasteiger partial charge in [0.15, 0.2) is 5.76 Å². The van der Waals surface area contributed by atoms with E-state index in [0.717, 1.165) is 55.2 Å². The number of sulfonamides is 1. The Balaban J connectivity index is 1.06. The Morgan fingerprint density at radius 3 is 2.57 bits per heavy atom. The number of likely N-dealkylation sites (N-methyl/N-ethyl adjacent to an activating group) is 1. The van der Waals surface area contributed by atoms with Crippen LogP contribution < -0.4 is 4.72 Å². The van der Waals surface area contributed by atoms with E-state index in [4.69, 9.17) is 16.0 Å². The lowest BCUT2D eigenvalue weighted by Gasteiger charge is -2.33. The second-order valence-electron chi connectivity index (χ2n) is 11.8. The number of rotatable bonds is 10. The van der Waals surface area contributed by atoms with E-state index in [2.05, 4.69) is 15.7 Å². The molecule has 9 heteroatoms. The largest absolute Gasteiger partial charge is 0.459 e. The van der Waals surface area contributed by atoms with E-state index in [1.54, 1.807) is 29.2 Å². The molecule has 1 N–H and O–H groups in total. The van der Waals surface area contributed by atoms with Crippen LogP contribution >= 0.6 is 11.6 Å². The number of piperidine rings is 1. The average Bonchev–Trinajstić information content (AvgIpc) is 3.39. The molecule has 6 rings (SSSR count). The van der Waals surface area contributed by atoms with Crippen LogP contribution in [0.2, 0.25) is 5.02 Å². The van der Waals surface area contributed by atoms with Crippen LogP contribution in [0.15, 0.2) is 94.4 Å². The van der Waals surface area contributed by atoms with Crippen molar-refractivity contribution >= 4 is 38.3 Å². The molecule has 1 saturated carbocycles. The maximum atomic E-state index is 13.2. The molecule has 4 aromatic rings. The lowest BCUT2D eigenvalue weighted by molar-refractivity contribution is 0.0744. The van der Waals surface area contributed by atoms with Gasteiger partial charge in [0, 0.05) is 42.5 Å². The van der Waals surface area contributed by atoms with Gasteiger partial charge in [-0.2, -0.15) is 0 Å². The fraction of sp³-hybridized carbons (Fsp3) is 0.364. The van der Waals surface area contributed by atoms with Gasteiger partial charge in [-0.3, -0.25) is 4.79 Å². The smallest absolute Gasteiger partial charge is 0.289 e. The molecular weight excluding hydrogens is 570 g/mol. The van der Waals surface area contributed by atoms with E-state index in [1.807, 2.05) is 55.6 Å². The zero-order chi connectivity index (χ0) is 29.3. The molecule has 1 amide bonds. The summed E-state index contributed by atoms with van der Waals surface area (Å²) in [5.74, 6) is 0.900. The van der Waals surface area contributed by atoms with E-state index < -0.39 is 10.0 Å². The number of benzene rings is 3. The molecule has 0 bridgehead atoms. The van der Waals surface area contributed by atoms with E-state index in [-0.39, 0.29) is 11.3 Å². The van der Waals surface area contributed by atoms with Crippen LogP contribution in [0.25, 0.3) is 10.8 Å². The van der Waals surface area contributed by atoms with Crippen molar-refractivity contribution in [2.24, 2.45) is 11.8 Å². The lowest BCUT2D eigenvalue weighted by atomic mass is 9.91. The normalized spacial score (nSPS) is 21.4. The first-order valence-electron chi connectivity index (χ1n) is 14.5. The highest BCUT2D eigenvalue weighted by molar-refractivity contribution is 7.89. The highest BCUT2D eigenvalue weighted by Crippen LogP contribution is 2.55. The van der Waals surface area contributed by atoms with Crippen LogP contribution in [0.5, 0.6) is 0 Å². The van der Waals surface area contributed by atoms with Gasteiger partial charge in [-0.15, -0.1) is 0 Å². The Hall–Kier alpha value is -3.17. The van der Waals surface area contributed by atoms with Crippen LogP contribution in [-0.2, 0) is 15.4 Å². The zero-order valence-corrected chi connectivity index (χ0v) is 25.3. The zero-order valence-electron chi connectivity index (χ0n) is 23.7. The first kappa shape index (κ1) is 28.9. The van der Waals surface area contributed by atoms with Crippen molar-refractivity contribution in [2.75, 3.05) is 39.8 Å². The molecule has 2 atom stereocenters. The summed E-state index contributed by atoms with van der Waals surface area (Å²) in [4.78, 5) is 17.6. The summed E-state index contributed by atoms with van der Waals surface area (Å²) < 4.78 is 34.6. The van der Waals surface area contributed by atoms with Gasteiger partial charge in [-0.05, 0) is 85.5 Å². The van der Waals surface area contributed by atoms with Crippen molar-refractivity contribution in [3.05, 3.63) is 101 Å². The fourth-order valence-electron chi connectivity index (χ4n) is 6.56. The predicted molar refractivity (Wildman–Crippen MR) is 165 cm³/mol. The van der Waals surface area contributed by atoms with Gasteiger partial charge < -0.3 is 14.2 Å². The first-order chi connectivity index (χ1) is 20.2. The van der Waals surface area contributed by atoms with Gasteiger partial charge in [0.1, 0.15) is 0 Å². The van der Waals surface area contributed by atoms with E-state index in [9.17, 15) is 13.2 Å². The minimum Gasteiger partial charge on any atom is -0.459 e. The summed E-state index contributed by atoms with van der Waals surface area (Å²) >= 11 is 6.39. The van der Waals surface area contributed by atoms with E-state index >= 15 is 0 Å². The Morgan fingerprint density at radius 1 is 1.05 bits per heavy atom. The molecule has 1 aliphatic carbocycles. The van der Waals surface area contributed by atoms with Crippen molar-refractivity contribution in [3.8, 4) is 0 Å². The molecule has 2 aliphatic rings. The minimum atomic E-state index is -3.61. The third-order valence-electron chi connectivity index (χ3n) is 9.02. The van der Waals surface area contributed by atoms with Gasteiger partial charge in [-0.1, -0.05) is 60.1 Å². The molecule has 1 aromatic heterocycles. The number of nitrogens with zero attached hydrogens (tertiary/aromatic N) is 2. The molecule has 1 saturated heterocycles. The predicted octanol–water partition coefficient (Wildman–Crippen LogP) is 5.81. The van der Waals surface area contributed by atoms with Crippen molar-refractivity contribution in [1.29, 1.82) is 0 Å². The number of carbonyl (C=O) groups is 1. The Labute approximate surface area is 252 Å². The van der Waals surface area contributed by atoms with Crippen molar-refractivity contribution < 1.29 is 17.6 Å². The Bertz CT molecular complexity index is 1660. The van der Waals surface area contributed by atoms with Crippen molar-refractivity contribution in [1.82, 2.24) is 14.5 Å². The fourth-order valence-corrected chi connectivity index (χ4v) is 8.09. The molecule has 220 valence electrons. The molecule has 1 aliphatic heterocycles. The third-order valence-corrected chi connectivity index (χ3v) is 10.7. The summed E-state index contributed by atoms with van der Waals surface area (Å²) in [5, 5.41) is 2.36. The number of carbonyl (C=O) groups excluding carboxylic acids is 1. The monoisotopic (exact) mass is 605 g/mol. The van der Waals surface area contributed by atoms with Gasteiger partial charge >= 0.3 is 0 Å². The van der Waals surface area contributed by atoms with Gasteiger partial charge in [0.2, 0.25) is 10.0 Å². The minimum absolute atomic E-state index is 0.126. The number of hydrogen-bond donors (Lipinski definition) is 1. The number of halogens is 1. The van der Waals surface area contributed by atoms with Gasteiger partial charge in [0.25, 0.3) is 5.91 Å². The molecule has 7 nitrogen and oxygen atoms in total. The van der Waals surface area contributed by atoms with E-state index in [0.29, 0.717) is 40.6 Å². The van der Waals surface area contributed by atoms with Crippen molar-refractivity contribution in [2.45, 2.75) is 29.6 Å². The Morgan fingerprint density at radius 2 is 1.81 bits per heavy atom. The molecule has 0 spiro atoms. The maximum Gasteiger partial charge on any atom is 0.289 e. The average molecular weight is 606 g/mol. The quantitative estimate of drug-likeness (QED) is 0.247. The topological polar surface area (TPSA) is 82.9 Å². The molecule has 2 fully saturated rings. The second kappa shape index (κ2) is 11.8. The van der Waals surface area contributed by atoms with Gasteiger partial charge in [-0.25, -0.2) is 13.1 Å². The lowest BCUT2D eigenvalue weighted by Crippen LogP contribution is -2.41. The maximum absolute atomic E-state index is 13.2. The number of hydrogen-bond acceptors (Lipinski definition) is 5. The first-order valence-corrected chi connectivity index (χ1v) is 16.4. The Kier molecular flexibility index (Phi) is 8.16. The molecular formula is C33H36ClN3O4S. The van der Waals surface area contributed by atoms with Crippen molar-refractivity contribution in [3.63, 3.8) is 0 Å².